The van der Waals surface area contributed by atoms with Crippen molar-refractivity contribution >= 4 is 85.8 Å². The lowest BCUT2D eigenvalue weighted by Crippen LogP contribution is -2.31. The van der Waals surface area contributed by atoms with Crippen molar-refractivity contribution in [2.75, 3.05) is 11.1 Å². The summed E-state index contributed by atoms with van der Waals surface area (Å²) in [6, 6.07) is 3.86. The van der Waals surface area contributed by atoms with E-state index in [1.165, 1.54) is 80.8 Å². The Kier molecular flexibility index (Phi) is 23.1. The maximum absolute atomic E-state index is 12.6. The Bertz CT molecular complexity index is 2440. The predicted molar refractivity (Wildman–Crippen MR) is 237 cm³/mol. The molecule has 6 aromatic rings. The summed E-state index contributed by atoms with van der Waals surface area (Å²) in [5.41, 5.74) is 4.30. The quantitative estimate of drug-likeness (QED) is 0.0917. The van der Waals surface area contributed by atoms with Crippen molar-refractivity contribution in [2.45, 2.75) is 81.8 Å². The highest BCUT2D eigenvalue weighted by Gasteiger charge is 2.36. The lowest BCUT2D eigenvalue weighted by Gasteiger charge is -2.09. The molecular formula is C38H43BBrF9N8O4S3. The fraction of sp³-hybridized carbons (Fsp3) is 0.316. The molecule has 6 heterocycles. The van der Waals surface area contributed by atoms with Crippen molar-refractivity contribution in [1.29, 1.82) is 0 Å². The van der Waals surface area contributed by atoms with Crippen molar-refractivity contribution < 1.29 is 59.2 Å². The average Bonchev–Trinajstić information content (AvgIpc) is 3.88. The second-order valence-electron chi connectivity index (χ2n) is 12.3. The Morgan fingerprint density at radius 2 is 1.12 bits per heavy atom. The van der Waals surface area contributed by atoms with Gasteiger partial charge in [0.25, 0.3) is 0 Å². The van der Waals surface area contributed by atoms with Crippen LogP contribution in [-0.2, 0) is 34.5 Å². The Labute approximate surface area is 383 Å². The summed E-state index contributed by atoms with van der Waals surface area (Å²) in [7, 11) is -1.80. The van der Waals surface area contributed by atoms with Crippen molar-refractivity contribution in [3.8, 4) is 21.1 Å². The largest absolute Gasteiger partial charge is 0.490 e. The van der Waals surface area contributed by atoms with Crippen LogP contribution in [0, 0.1) is 20.8 Å². The first-order valence-electron chi connectivity index (χ1n) is 16.7. The van der Waals surface area contributed by atoms with Crippen LogP contribution in [0.4, 0.5) is 51.1 Å². The average molecular weight is 1030 g/mol. The van der Waals surface area contributed by atoms with E-state index in [0.717, 1.165) is 28.6 Å². The minimum atomic E-state index is -4.51. The highest BCUT2D eigenvalue weighted by molar-refractivity contribution is 9.11. The molecule has 0 aliphatic heterocycles. The second-order valence-corrected chi connectivity index (χ2v) is 16.2. The molecule has 12 nitrogen and oxygen atoms in total. The molecule has 0 unspecified atom stereocenters. The van der Waals surface area contributed by atoms with E-state index in [0.29, 0.717) is 38.5 Å². The van der Waals surface area contributed by atoms with Crippen LogP contribution in [0.1, 0.15) is 75.6 Å². The predicted octanol–water partition coefficient (Wildman–Crippen LogP) is 10.6. The first kappa shape index (κ1) is 59.1. The van der Waals surface area contributed by atoms with Gasteiger partial charge in [-0.3, -0.25) is 24.5 Å². The van der Waals surface area contributed by atoms with E-state index in [4.69, 9.17) is 15.8 Å². The highest BCUT2D eigenvalue weighted by atomic mass is 79.9. The van der Waals surface area contributed by atoms with Crippen LogP contribution in [0.3, 0.4) is 0 Å². The van der Waals surface area contributed by atoms with Crippen LogP contribution in [0.5, 0.6) is 0 Å². The van der Waals surface area contributed by atoms with Crippen molar-refractivity contribution in [1.82, 2.24) is 29.9 Å². The molecule has 0 fully saturated rings. The minimum Gasteiger partial charge on any atom is -0.423 e. The number of nitrogens with one attached hydrogen (secondary N) is 1. The maximum Gasteiger partial charge on any atom is 0.490 e. The molecule has 6 aromatic heterocycles. The number of nitrogen functional groups attached to an aromatic ring is 1. The summed E-state index contributed by atoms with van der Waals surface area (Å²) in [5.74, 6) is 0.841. The van der Waals surface area contributed by atoms with Crippen LogP contribution < -0.4 is 16.5 Å². The number of nitrogens with zero attached hydrogens (tertiary/aromatic N) is 6. The molecule has 350 valence electrons. The number of aromatic nitrogens is 6. The molecule has 0 bridgehead atoms. The number of thiazole rings is 3. The molecule has 64 heavy (non-hydrogen) atoms. The Hall–Kier alpha value is -4.89. The van der Waals surface area contributed by atoms with Crippen LogP contribution >= 0.6 is 49.9 Å². The second kappa shape index (κ2) is 25.0. The van der Waals surface area contributed by atoms with E-state index >= 15 is 0 Å². The smallest absolute Gasteiger partial charge is 0.423 e. The van der Waals surface area contributed by atoms with Gasteiger partial charge in [0.15, 0.2) is 3.92 Å². The zero-order valence-electron chi connectivity index (χ0n) is 32.0. The number of carbonyl (C=O) groups is 2. The number of ketones is 1. The van der Waals surface area contributed by atoms with E-state index in [1.807, 2.05) is 0 Å². The summed E-state index contributed by atoms with van der Waals surface area (Å²) >= 11 is 7.16. The standard InChI is InChI=1S/C13H11F3N2OS.C10H8F3N3S.C7H7BF3NO2.C5H5BrN2OS.3CH4/c1-7-3-9(5-17-11(7)13(14,15)16)12-18-10(6-20-12)4-8(2)19;1-5-2-6(9-16-7(14)4-17-9)3-15-8(5)10(11,12)13;1-4-2-5(8(13)14)3-12-6(4)7(9,10)11;1-3(9)7-4-2-10-5(6)8-4;;;/h3,5-6H,4H2,1-2H3;2-4H,14H2,1H3;2-3,13-14H,1H3;2H,1H3,(H,7,9);3*1H4. The number of nitrogens with two attached hydrogens (primary N) is 1. The Morgan fingerprint density at radius 3 is 1.47 bits per heavy atom. The van der Waals surface area contributed by atoms with Crippen LogP contribution in [-0.4, -0.2) is 58.8 Å². The lowest BCUT2D eigenvalue weighted by atomic mass is 9.81. The number of anilines is 2. The summed E-state index contributed by atoms with van der Waals surface area (Å²) in [4.78, 5) is 43.7. The zero-order valence-corrected chi connectivity index (χ0v) is 36.0. The van der Waals surface area contributed by atoms with Crippen LogP contribution in [0.25, 0.3) is 21.1 Å². The van der Waals surface area contributed by atoms with Crippen molar-refractivity contribution in [3.63, 3.8) is 0 Å². The van der Waals surface area contributed by atoms with Gasteiger partial charge >= 0.3 is 25.6 Å². The van der Waals surface area contributed by atoms with E-state index in [1.54, 1.807) is 16.1 Å². The van der Waals surface area contributed by atoms with Crippen LogP contribution in [0.2, 0.25) is 0 Å². The number of hydrogen-bond acceptors (Lipinski definition) is 14. The molecular weight excluding hydrogens is 990 g/mol. The van der Waals surface area contributed by atoms with Gasteiger partial charge in [0, 0.05) is 64.7 Å². The number of aryl methyl sites for hydroxylation is 3. The Balaban J connectivity index is 0.000000835. The van der Waals surface area contributed by atoms with E-state index in [2.05, 4.69) is 51.2 Å². The molecule has 0 aliphatic rings. The molecule has 1 amide bonds. The molecule has 0 aromatic carbocycles. The number of alkyl halides is 9. The molecule has 6 rings (SSSR count). The first-order valence-corrected chi connectivity index (χ1v) is 20.1. The number of halogens is 10. The summed E-state index contributed by atoms with van der Waals surface area (Å²) < 4.78 is 113. The van der Waals surface area contributed by atoms with Gasteiger partial charge in [0.1, 0.15) is 44.5 Å². The first-order chi connectivity index (χ1) is 28.1. The van der Waals surface area contributed by atoms with E-state index in [-0.39, 0.29) is 62.5 Å². The van der Waals surface area contributed by atoms with Gasteiger partial charge in [0.2, 0.25) is 5.91 Å². The number of hydrogen-bond donors (Lipinski definition) is 4. The molecule has 0 aliphatic carbocycles. The van der Waals surface area contributed by atoms with Gasteiger partial charge < -0.3 is 21.1 Å². The van der Waals surface area contributed by atoms with Gasteiger partial charge in [0.05, 0.1) is 5.69 Å². The van der Waals surface area contributed by atoms with Gasteiger partial charge in [-0.1, -0.05) is 28.3 Å². The molecule has 0 atom stereocenters. The summed E-state index contributed by atoms with van der Waals surface area (Å²) in [6.45, 7) is 6.86. The topological polar surface area (TPSA) is 190 Å². The number of pyridine rings is 3. The molecule has 5 N–H and O–H groups in total. The number of rotatable bonds is 6. The van der Waals surface area contributed by atoms with Gasteiger partial charge in [-0.2, -0.15) is 39.5 Å². The molecule has 0 saturated heterocycles. The number of carbonyl (C=O) groups excluding carboxylic acids is 2. The number of amides is 1. The third kappa shape index (κ3) is 18.3. The summed E-state index contributed by atoms with van der Waals surface area (Å²) in [5, 5.41) is 26.2. The van der Waals surface area contributed by atoms with E-state index < -0.39 is 42.7 Å². The summed E-state index contributed by atoms with van der Waals surface area (Å²) in [6.07, 6.45) is -10.1. The lowest BCUT2D eigenvalue weighted by molar-refractivity contribution is -0.142. The maximum atomic E-state index is 12.6. The highest BCUT2D eigenvalue weighted by Crippen LogP contribution is 2.34. The fourth-order valence-electron chi connectivity index (χ4n) is 4.70. The third-order valence-corrected chi connectivity index (χ3v) is 10.4. The van der Waals surface area contributed by atoms with Gasteiger partial charge in [-0.25, -0.2) is 15.0 Å². The van der Waals surface area contributed by atoms with Gasteiger partial charge in [-0.05, 0) is 72.4 Å². The Morgan fingerprint density at radius 1 is 0.688 bits per heavy atom. The molecule has 0 radical (unpaired) electrons. The SMILES string of the molecule is C.C.C.CC(=O)Cc1csc(-c2cnc(C(F)(F)F)c(C)c2)n1.CC(=O)Nc1csc(Br)n1.Cc1cc(-c2nc(N)cs2)cnc1C(F)(F)F.Cc1cc(B(O)O)cnc1C(F)(F)F. The molecule has 0 saturated carbocycles. The van der Waals surface area contributed by atoms with Crippen molar-refractivity contribution in [3.05, 3.63) is 96.3 Å². The van der Waals surface area contributed by atoms with Crippen LogP contribution in [0.15, 0.2) is 56.8 Å². The van der Waals surface area contributed by atoms with Crippen molar-refractivity contribution in [2.24, 2.45) is 0 Å². The fourth-order valence-corrected chi connectivity index (χ4v) is 7.13. The van der Waals surface area contributed by atoms with Gasteiger partial charge in [-0.15, -0.1) is 34.0 Å². The third-order valence-electron chi connectivity index (χ3n) is 7.14. The minimum absolute atomic E-state index is 0. The normalized spacial score (nSPS) is 10.8. The zero-order chi connectivity index (χ0) is 46.0. The molecule has 0 spiro atoms. The number of Topliss-reactive ketones (excluding diaryl/α,β-unsaturated/α-hetero) is 1. The molecule has 26 heteroatoms. The van der Waals surface area contributed by atoms with E-state index in [9.17, 15) is 49.1 Å². The monoisotopic (exact) mass is 1030 g/mol.